The number of carbonyl (C=O) groups excluding carboxylic acids is 1. The van der Waals surface area contributed by atoms with E-state index in [1.807, 2.05) is 0 Å². The summed E-state index contributed by atoms with van der Waals surface area (Å²) >= 11 is 0. The van der Waals surface area contributed by atoms with Crippen LogP contribution in [0.1, 0.15) is 49.7 Å². The van der Waals surface area contributed by atoms with Crippen molar-refractivity contribution >= 4 is 22.8 Å². The summed E-state index contributed by atoms with van der Waals surface area (Å²) in [6.45, 7) is 6.46. The fraction of sp³-hybridized carbons (Fsp3) is 0.462. The number of amides is 1. The molecule has 1 unspecified atom stereocenters. The van der Waals surface area contributed by atoms with E-state index >= 15 is 0 Å². The Kier molecular flexibility index (Phi) is 5.64. The molecule has 0 bridgehead atoms. The van der Waals surface area contributed by atoms with Gasteiger partial charge in [-0.2, -0.15) is 0 Å². The van der Waals surface area contributed by atoms with Gasteiger partial charge in [0.2, 0.25) is 0 Å². The standard InChI is InChI=1S/C26H32N4O2/c1-17-16-27-14-13-21(17)30-23-12-11-22-20(10-9-18(2)29(22)26(31)32-3)25(23)28-24(30)15-19-7-5-4-6-8-19/h4-8,11-12,17-18,21,27H,9-10,13-16H2,1-3H3/t17-,18+,21?/m1/s1. The number of rotatable bonds is 3. The number of benzene rings is 2. The van der Waals surface area contributed by atoms with Crippen molar-refractivity contribution in [3.05, 3.63) is 59.4 Å². The average Bonchev–Trinajstić information content (AvgIpc) is 3.17. The van der Waals surface area contributed by atoms with E-state index in [0.29, 0.717) is 12.0 Å². The first-order valence-corrected chi connectivity index (χ1v) is 11.7. The lowest BCUT2D eigenvalue weighted by atomic mass is 9.93. The number of imidazole rings is 1. The molecule has 2 aromatic carbocycles. The van der Waals surface area contributed by atoms with Crippen molar-refractivity contribution in [2.24, 2.45) is 5.92 Å². The maximum Gasteiger partial charge on any atom is 0.414 e. The molecule has 6 heteroatoms. The molecule has 1 saturated heterocycles. The molecular formula is C26H32N4O2. The van der Waals surface area contributed by atoms with Crippen molar-refractivity contribution in [3.8, 4) is 0 Å². The van der Waals surface area contributed by atoms with Gasteiger partial charge in [0.15, 0.2) is 0 Å². The molecule has 3 aromatic rings. The van der Waals surface area contributed by atoms with E-state index in [4.69, 9.17) is 9.72 Å². The molecule has 0 saturated carbocycles. The number of piperidine rings is 1. The van der Waals surface area contributed by atoms with E-state index in [2.05, 4.69) is 66.2 Å². The third-order valence-electron chi connectivity index (χ3n) is 7.18. The minimum atomic E-state index is -0.297. The van der Waals surface area contributed by atoms with E-state index in [0.717, 1.165) is 55.8 Å². The summed E-state index contributed by atoms with van der Waals surface area (Å²) in [7, 11) is 1.45. The molecular weight excluding hydrogens is 400 g/mol. The topological polar surface area (TPSA) is 59.4 Å². The Labute approximate surface area is 189 Å². The minimum Gasteiger partial charge on any atom is -0.452 e. The van der Waals surface area contributed by atoms with Crippen LogP contribution < -0.4 is 10.2 Å². The quantitative estimate of drug-likeness (QED) is 0.651. The summed E-state index contributed by atoms with van der Waals surface area (Å²) in [6, 6.07) is 15.4. The summed E-state index contributed by atoms with van der Waals surface area (Å²) in [4.78, 5) is 19.6. The second-order valence-corrected chi connectivity index (χ2v) is 9.26. The maximum absolute atomic E-state index is 12.6. The number of aromatic nitrogens is 2. The Morgan fingerprint density at radius 3 is 2.72 bits per heavy atom. The van der Waals surface area contributed by atoms with Gasteiger partial charge in [0, 0.05) is 24.1 Å². The summed E-state index contributed by atoms with van der Waals surface area (Å²) < 4.78 is 7.60. The predicted molar refractivity (Wildman–Crippen MR) is 127 cm³/mol. The Bertz CT molecular complexity index is 1120. The van der Waals surface area contributed by atoms with Crippen LogP contribution in [0.4, 0.5) is 10.5 Å². The van der Waals surface area contributed by atoms with Crippen molar-refractivity contribution in [3.63, 3.8) is 0 Å². The van der Waals surface area contributed by atoms with E-state index in [9.17, 15) is 4.79 Å². The third-order valence-corrected chi connectivity index (χ3v) is 7.18. The molecule has 168 valence electrons. The molecule has 0 aliphatic carbocycles. The highest BCUT2D eigenvalue weighted by Crippen LogP contribution is 2.39. The van der Waals surface area contributed by atoms with Crippen molar-refractivity contribution in [1.82, 2.24) is 14.9 Å². The highest BCUT2D eigenvalue weighted by atomic mass is 16.5. The van der Waals surface area contributed by atoms with Gasteiger partial charge in [0.05, 0.1) is 23.8 Å². The Hall–Kier alpha value is -2.86. The highest BCUT2D eigenvalue weighted by molar-refractivity contribution is 5.95. The van der Waals surface area contributed by atoms with Gasteiger partial charge in [0.25, 0.3) is 0 Å². The van der Waals surface area contributed by atoms with E-state index in [-0.39, 0.29) is 12.1 Å². The normalized spacial score (nSPS) is 23.2. The van der Waals surface area contributed by atoms with E-state index in [1.54, 1.807) is 4.90 Å². The first-order valence-electron chi connectivity index (χ1n) is 11.7. The molecule has 1 aromatic heterocycles. The Morgan fingerprint density at radius 1 is 1.16 bits per heavy atom. The van der Waals surface area contributed by atoms with Crippen LogP contribution in [0.3, 0.4) is 0 Å². The highest BCUT2D eigenvalue weighted by Gasteiger charge is 2.33. The van der Waals surface area contributed by atoms with E-state index in [1.165, 1.54) is 23.8 Å². The molecule has 1 N–H and O–H groups in total. The number of aryl methyl sites for hydroxylation is 1. The fourth-order valence-corrected chi connectivity index (χ4v) is 5.48. The molecule has 1 amide bonds. The van der Waals surface area contributed by atoms with Gasteiger partial charge in [-0.3, -0.25) is 4.90 Å². The van der Waals surface area contributed by atoms with Gasteiger partial charge in [0.1, 0.15) is 5.82 Å². The molecule has 0 spiro atoms. The number of hydrogen-bond acceptors (Lipinski definition) is 4. The van der Waals surface area contributed by atoms with Crippen LogP contribution in [0.15, 0.2) is 42.5 Å². The largest absolute Gasteiger partial charge is 0.452 e. The summed E-state index contributed by atoms with van der Waals surface area (Å²) in [5.41, 5.74) is 5.61. The van der Waals surface area contributed by atoms with Crippen LogP contribution in [0.2, 0.25) is 0 Å². The second kappa shape index (κ2) is 8.58. The summed E-state index contributed by atoms with van der Waals surface area (Å²) in [5.74, 6) is 1.64. The number of methoxy groups -OCH3 is 1. The SMILES string of the molecule is COC(=O)N1c2ccc3c(nc(Cc4ccccc4)n3C3CCNC[C@H]3C)c2CC[C@@H]1C. The van der Waals surface area contributed by atoms with Crippen LogP contribution in [-0.4, -0.2) is 41.9 Å². The maximum atomic E-state index is 12.6. The molecule has 3 atom stereocenters. The van der Waals surface area contributed by atoms with Gasteiger partial charge < -0.3 is 14.6 Å². The summed E-state index contributed by atoms with van der Waals surface area (Å²) in [5, 5.41) is 3.53. The van der Waals surface area contributed by atoms with Crippen molar-refractivity contribution in [1.29, 1.82) is 0 Å². The first-order chi connectivity index (χ1) is 15.6. The zero-order valence-electron chi connectivity index (χ0n) is 19.2. The molecule has 5 rings (SSSR count). The molecule has 2 aliphatic rings. The molecule has 1 fully saturated rings. The van der Waals surface area contributed by atoms with Gasteiger partial charge in [-0.15, -0.1) is 0 Å². The fourth-order valence-electron chi connectivity index (χ4n) is 5.48. The zero-order valence-corrected chi connectivity index (χ0v) is 19.2. The molecule has 6 nitrogen and oxygen atoms in total. The molecule has 0 radical (unpaired) electrons. The van der Waals surface area contributed by atoms with Gasteiger partial charge in [-0.05, 0) is 62.9 Å². The molecule has 2 aliphatic heterocycles. The zero-order chi connectivity index (χ0) is 22.2. The van der Waals surface area contributed by atoms with Gasteiger partial charge >= 0.3 is 6.09 Å². The lowest BCUT2D eigenvalue weighted by Gasteiger charge is -2.34. The number of nitrogens with zero attached hydrogens (tertiary/aromatic N) is 3. The number of ether oxygens (including phenoxy) is 1. The first kappa shape index (κ1) is 21.0. The Morgan fingerprint density at radius 2 is 1.97 bits per heavy atom. The Balaban J connectivity index is 1.68. The number of nitrogens with one attached hydrogen (secondary N) is 1. The molecule has 32 heavy (non-hydrogen) atoms. The number of anilines is 1. The van der Waals surface area contributed by atoms with Gasteiger partial charge in [-0.1, -0.05) is 37.3 Å². The van der Waals surface area contributed by atoms with Crippen LogP contribution in [0, 0.1) is 5.92 Å². The second-order valence-electron chi connectivity index (χ2n) is 9.26. The third kappa shape index (κ3) is 3.56. The lowest BCUT2D eigenvalue weighted by Crippen LogP contribution is -2.42. The lowest BCUT2D eigenvalue weighted by molar-refractivity contribution is 0.175. The van der Waals surface area contributed by atoms with Crippen molar-refractivity contribution in [2.75, 3.05) is 25.1 Å². The summed E-state index contributed by atoms with van der Waals surface area (Å²) in [6.07, 6.45) is 3.43. The van der Waals surface area contributed by atoms with Crippen molar-refractivity contribution in [2.45, 2.75) is 51.6 Å². The van der Waals surface area contributed by atoms with Crippen molar-refractivity contribution < 1.29 is 9.53 Å². The smallest absolute Gasteiger partial charge is 0.414 e. The van der Waals surface area contributed by atoms with E-state index < -0.39 is 0 Å². The minimum absolute atomic E-state index is 0.114. The predicted octanol–water partition coefficient (Wildman–Crippen LogP) is 4.71. The van der Waals surface area contributed by atoms with Crippen LogP contribution >= 0.6 is 0 Å². The average molecular weight is 433 g/mol. The number of fused-ring (bicyclic) bond motifs is 3. The van der Waals surface area contributed by atoms with Gasteiger partial charge in [-0.25, -0.2) is 9.78 Å². The van der Waals surface area contributed by atoms with Crippen LogP contribution in [-0.2, 0) is 17.6 Å². The van der Waals surface area contributed by atoms with Crippen LogP contribution in [0.5, 0.6) is 0 Å². The number of hydrogen-bond donors (Lipinski definition) is 1. The monoisotopic (exact) mass is 432 g/mol. The number of carbonyl (C=O) groups is 1. The molecule has 3 heterocycles. The van der Waals surface area contributed by atoms with Crippen LogP contribution in [0.25, 0.3) is 11.0 Å².